The second kappa shape index (κ2) is 6.46. The second-order valence-electron chi connectivity index (χ2n) is 7.68. The van der Waals surface area contributed by atoms with E-state index in [0.29, 0.717) is 6.54 Å². The molecule has 1 amide bonds. The van der Waals surface area contributed by atoms with Crippen LogP contribution in [0.1, 0.15) is 65.2 Å². The van der Waals surface area contributed by atoms with Crippen LogP contribution in [0, 0.1) is 0 Å². The predicted molar refractivity (Wildman–Crippen MR) is 91.6 cm³/mol. The lowest BCUT2D eigenvalue weighted by atomic mass is 9.79. The number of hydrogen-bond donors (Lipinski definition) is 1. The highest BCUT2D eigenvalue weighted by atomic mass is 16.1. The van der Waals surface area contributed by atoms with Crippen molar-refractivity contribution >= 4 is 12.0 Å². The number of rotatable bonds is 3. The number of hydrogen-bond acceptors (Lipinski definition) is 1. The summed E-state index contributed by atoms with van der Waals surface area (Å²) in [7, 11) is 0. The minimum atomic E-state index is -0.00141. The van der Waals surface area contributed by atoms with Gasteiger partial charge >= 0.3 is 0 Å². The molecule has 21 heavy (non-hydrogen) atoms. The van der Waals surface area contributed by atoms with Crippen LogP contribution in [-0.2, 0) is 15.6 Å². The first kappa shape index (κ1) is 17.5. The van der Waals surface area contributed by atoms with Crippen molar-refractivity contribution < 1.29 is 4.79 Å². The van der Waals surface area contributed by atoms with Gasteiger partial charge in [0.15, 0.2) is 0 Å². The molecule has 0 unspecified atom stereocenters. The molecule has 1 aromatic rings. The Kier molecular flexibility index (Phi) is 5.38. The normalized spacial score (nSPS) is 12.7. The fraction of sp³-hybridized carbons (Fsp3) is 0.526. The van der Waals surface area contributed by atoms with Gasteiger partial charge < -0.3 is 5.32 Å². The van der Waals surface area contributed by atoms with Crippen molar-refractivity contribution in [1.82, 2.24) is 5.32 Å². The van der Waals surface area contributed by atoms with Gasteiger partial charge in [0.2, 0.25) is 5.91 Å². The molecule has 116 valence electrons. The maximum absolute atomic E-state index is 10.9. The maximum atomic E-state index is 10.9. The van der Waals surface area contributed by atoms with Gasteiger partial charge in [-0.3, -0.25) is 4.79 Å². The Hall–Kier alpha value is -1.57. The standard InChI is InChI=1S/C19H29NO/c1-14(21)20-10-8-9-15-11-16(18(2,3)4)13-17(12-15)19(5,6)7/h8-9,11-13H,10H2,1-7H3,(H,20,21). The van der Waals surface area contributed by atoms with Gasteiger partial charge in [-0.05, 0) is 27.5 Å². The highest BCUT2D eigenvalue weighted by Crippen LogP contribution is 2.30. The highest BCUT2D eigenvalue weighted by molar-refractivity contribution is 5.73. The molecule has 0 aliphatic carbocycles. The monoisotopic (exact) mass is 287 g/mol. The summed E-state index contributed by atoms with van der Waals surface area (Å²) in [6, 6.07) is 6.78. The molecule has 0 aliphatic heterocycles. The first-order valence-electron chi connectivity index (χ1n) is 7.57. The molecule has 0 aromatic heterocycles. The first-order valence-corrected chi connectivity index (χ1v) is 7.57. The molecular weight excluding hydrogens is 258 g/mol. The SMILES string of the molecule is CC(=O)NCC=Cc1cc(C(C)(C)C)cc(C(C)(C)C)c1. The molecule has 0 aliphatic rings. The van der Waals surface area contributed by atoms with Gasteiger partial charge in [-0.15, -0.1) is 0 Å². The zero-order valence-corrected chi connectivity index (χ0v) is 14.5. The van der Waals surface area contributed by atoms with E-state index in [1.807, 2.05) is 6.08 Å². The van der Waals surface area contributed by atoms with Crippen LogP contribution < -0.4 is 5.32 Å². The predicted octanol–water partition coefficient (Wildman–Crippen LogP) is 4.43. The lowest BCUT2D eigenvalue weighted by Gasteiger charge is -2.25. The summed E-state index contributed by atoms with van der Waals surface area (Å²) in [6.07, 6.45) is 4.08. The fourth-order valence-electron chi connectivity index (χ4n) is 2.01. The van der Waals surface area contributed by atoms with Crippen LogP contribution in [0.25, 0.3) is 6.08 Å². The van der Waals surface area contributed by atoms with E-state index in [1.54, 1.807) is 0 Å². The van der Waals surface area contributed by atoms with E-state index in [-0.39, 0.29) is 16.7 Å². The van der Waals surface area contributed by atoms with E-state index in [9.17, 15) is 4.79 Å². The molecule has 0 spiro atoms. The molecule has 0 fully saturated rings. The third kappa shape index (κ3) is 5.74. The summed E-state index contributed by atoms with van der Waals surface area (Å²) in [5.74, 6) is -0.00141. The molecule has 0 saturated heterocycles. The van der Waals surface area contributed by atoms with E-state index in [0.717, 1.165) is 0 Å². The molecule has 2 heteroatoms. The molecule has 0 saturated carbocycles. The zero-order chi connectivity index (χ0) is 16.3. The van der Waals surface area contributed by atoms with Crippen molar-refractivity contribution in [1.29, 1.82) is 0 Å². The lowest BCUT2D eigenvalue weighted by molar-refractivity contribution is -0.118. The average molecular weight is 287 g/mol. The molecular formula is C19H29NO. The minimum absolute atomic E-state index is 0.00141. The van der Waals surface area contributed by atoms with E-state index in [2.05, 4.69) is 71.1 Å². The van der Waals surface area contributed by atoms with Gasteiger partial charge in [0.1, 0.15) is 0 Å². The van der Waals surface area contributed by atoms with E-state index < -0.39 is 0 Å². The molecule has 0 atom stereocenters. The van der Waals surface area contributed by atoms with Crippen molar-refractivity contribution in [2.45, 2.75) is 59.3 Å². The number of nitrogens with one attached hydrogen (secondary N) is 1. The van der Waals surface area contributed by atoms with Crippen LogP contribution in [0.3, 0.4) is 0 Å². The Labute approximate surface area is 129 Å². The number of carbonyl (C=O) groups is 1. The third-order valence-electron chi connectivity index (χ3n) is 3.47. The highest BCUT2D eigenvalue weighted by Gasteiger charge is 2.19. The maximum Gasteiger partial charge on any atom is 0.217 e. The first-order chi connectivity index (χ1) is 9.50. The smallest absolute Gasteiger partial charge is 0.217 e. The van der Waals surface area contributed by atoms with E-state index in [1.165, 1.54) is 23.6 Å². The molecule has 2 nitrogen and oxygen atoms in total. The van der Waals surface area contributed by atoms with Crippen molar-refractivity contribution in [2.75, 3.05) is 6.54 Å². The Morgan fingerprint density at radius 1 is 1.00 bits per heavy atom. The van der Waals surface area contributed by atoms with Gasteiger partial charge in [0.05, 0.1) is 0 Å². The van der Waals surface area contributed by atoms with Crippen molar-refractivity contribution in [3.63, 3.8) is 0 Å². The van der Waals surface area contributed by atoms with E-state index >= 15 is 0 Å². The van der Waals surface area contributed by atoms with Crippen LogP contribution in [0.5, 0.6) is 0 Å². The Balaban J connectivity index is 3.11. The number of benzene rings is 1. The van der Waals surface area contributed by atoms with Crippen LogP contribution in [-0.4, -0.2) is 12.5 Å². The topological polar surface area (TPSA) is 29.1 Å². The quantitative estimate of drug-likeness (QED) is 0.875. The molecule has 1 N–H and O–H groups in total. The second-order valence-corrected chi connectivity index (χ2v) is 7.68. The average Bonchev–Trinajstić information content (AvgIpc) is 2.32. The summed E-state index contributed by atoms with van der Waals surface area (Å²) in [4.78, 5) is 10.9. The molecule has 0 heterocycles. The van der Waals surface area contributed by atoms with Crippen LogP contribution in [0.15, 0.2) is 24.3 Å². The van der Waals surface area contributed by atoms with Crippen LogP contribution >= 0.6 is 0 Å². The van der Waals surface area contributed by atoms with Gasteiger partial charge in [-0.25, -0.2) is 0 Å². The third-order valence-corrected chi connectivity index (χ3v) is 3.47. The Morgan fingerprint density at radius 3 is 1.86 bits per heavy atom. The lowest BCUT2D eigenvalue weighted by Crippen LogP contribution is -2.19. The van der Waals surface area contributed by atoms with Crippen molar-refractivity contribution in [3.8, 4) is 0 Å². The summed E-state index contributed by atoms with van der Waals surface area (Å²) in [5, 5.41) is 2.78. The van der Waals surface area contributed by atoms with Gasteiger partial charge in [-0.2, -0.15) is 0 Å². The van der Waals surface area contributed by atoms with Gasteiger partial charge in [0.25, 0.3) is 0 Å². The summed E-state index contributed by atoms with van der Waals surface area (Å²) in [5.41, 5.74) is 4.13. The largest absolute Gasteiger partial charge is 0.353 e. The van der Waals surface area contributed by atoms with Crippen LogP contribution in [0.2, 0.25) is 0 Å². The zero-order valence-electron chi connectivity index (χ0n) is 14.5. The van der Waals surface area contributed by atoms with Crippen molar-refractivity contribution in [2.24, 2.45) is 0 Å². The minimum Gasteiger partial charge on any atom is -0.353 e. The molecule has 1 rings (SSSR count). The van der Waals surface area contributed by atoms with Gasteiger partial charge in [0, 0.05) is 13.5 Å². The number of amides is 1. The summed E-state index contributed by atoms with van der Waals surface area (Å²) >= 11 is 0. The molecule has 0 radical (unpaired) electrons. The fourth-order valence-corrected chi connectivity index (χ4v) is 2.01. The van der Waals surface area contributed by atoms with Crippen LogP contribution in [0.4, 0.5) is 0 Å². The van der Waals surface area contributed by atoms with E-state index in [4.69, 9.17) is 0 Å². The Morgan fingerprint density at radius 2 is 1.48 bits per heavy atom. The molecule has 1 aromatic carbocycles. The Bertz CT molecular complexity index is 495. The molecule has 0 bridgehead atoms. The van der Waals surface area contributed by atoms with Gasteiger partial charge in [-0.1, -0.05) is 71.9 Å². The van der Waals surface area contributed by atoms with Crippen molar-refractivity contribution in [3.05, 3.63) is 41.0 Å². The number of carbonyl (C=O) groups excluding carboxylic acids is 1. The summed E-state index contributed by atoms with van der Waals surface area (Å²) < 4.78 is 0. The summed E-state index contributed by atoms with van der Waals surface area (Å²) in [6.45, 7) is 15.5.